The lowest BCUT2D eigenvalue weighted by Gasteiger charge is -2.33. The van der Waals surface area contributed by atoms with E-state index in [0.717, 1.165) is 25.9 Å². The van der Waals surface area contributed by atoms with Crippen molar-refractivity contribution in [1.82, 2.24) is 4.90 Å². The molecule has 1 saturated heterocycles. The maximum Gasteiger partial charge on any atom is 0.222 e. The van der Waals surface area contributed by atoms with Gasteiger partial charge in [-0.3, -0.25) is 4.79 Å². The second-order valence-corrected chi connectivity index (χ2v) is 6.59. The molecule has 1 unspecified atom stereocenters. The molecule has 1 atom stereocenters. The predicted octanol–water partition coefficient (Wildman–Crippen LogP) is 2.80. The molecule has 0 bridgehead atoms. The van der Waals surface area contributed by atoms with Crippen LogP contribution in [0.4, 0.5) is 5.69 Å². The highest BCUT2D eigenvalue weighted by Crippen LogP contribution is 2.25. The zero-order valence-corrected chi connectivity index (χ0v) is 13.9. The minimum absolute atomic E-state index is 0.228. The van der Waals surface area contributed by atoms with E-state index in [2.05, 4.69) is 19.9 Å². The third-order valence-electron chi connectivity index (χ3n) is 4.10. The van der Waals surface area contributed by atoms with E-state index in [9.17, 15) is 10.1 Å². The van der Waals surface area contributed by atoms with Gasteiger partial charge in [0.1, 0.15) is 17.4 Å². The number of amides is 1. The SMILES string of the molecule is CC(C)CC(=O)N1CCCC(COc2cccc(N)c2C#N)C1. The average Bonchev–Trinajstić information content (AvgIpc) is 2.52. The number of nitrogen functional groups attached to an aromatic ring is 1. The third kappa shape index (κ3) is 4.62. The Morgan fingerprint density at radius 3 is 3.00 bits per heavy atom. The smallest absolute Gasteiger partial charge is 0.222 e. The van der Waals surface area contributed by atoms with Gasteiger partial charge in [0.2, 0.25) is 5.91 Å². The van der Waals surface area contributed by atoms with Gasteiger partial charge in [-0.2, -0.15) is 5.26 Å². The molecule has 124 valence electrons. The monoisotopic (exact) mass is 315 g/mol. The van der Waals surface area contributed by atoms with Crippen molar-refractivity contribution in [2.75, 3.05) is 25.4 Å². The summed E-state index contributed by atoms with van der Waals surface area (Å²) in [5.41, 5.74) is 6.61. The molecule has 0 spiro atoms. The lowest BCUT2D eigenvalue weighted by Crippen LogP contribution is -2.42. The molecule has 0 saturated carbocycles. The Bertz CT molecular complexity index is 592. The van der Waals surface area contributed by atoms with Gasteiger partial charge in [-0.25, -0.2) is 0 Å². The van der Waals surface area contributed by atoms with Gasteiger partial charge in [0.05, 0.1) is 12.3 Å². The molecular weight excluding hydrogens is 290 g/mol. The number of nitrogens with two attached hydrogens (primary N) is 1. The van der Waals surface area contributed by atoms with Crippen LogP contribution in [0.25, 0.3) is 0 Å². The first-order valence-corrected chi connectivity index (χ1v) is 8.20. The minimum atomic E-state index is 0.228. The molecule has 5 nitrogen and oxygen atoms in total. The number of benzene rings is 1. The zero-order chi connectivity index (χ0) is 16.8. The molecule has 1 aliphatic heterocycles. The summed E-state index contributed by atoms with van der Waals surface area (Å²) in [5.74, 6) is 1.43. The summed E-state index contributed by atoms with van der Waals surface area (Å²) in [7, 11) is 0. The number of piperidine rings is 1. The summed E-state index contributed by atoms with van der Waals surface area (Å²) >= 11 is 0. The Morgan fingerprint density at radius 2 is 2.30 bits per heavy atom. The lowest BCUT2D eigenvalue weighted by atomic mass is 9.98. The van der Waals surface area contributed by atoms with Gasteiger partial charge in [0, 0.05) is 25.4 Å². The first-order valence-electron chi connectivity index (χ1n) is 8.20. The van der Waals surface area contributed by atoms with Crippen LogP contribution in [0.1, 0.15) is 38.7 Å². The van der Waals surface area contributed by atoms with Gasteiger partial charge in [0.15, 0.2) is 0 Å². The first-order chi connectivity index (χ1) is 11.0. The Hall–Kier alpha value is -2.22. The summed E-state index contributed by atoms with van der Waals surface area (Å²) in [5, 5.41) is 9.17. The van der Waals surface area contributed by atoms with Crippen LogP contribution in [0, 0.1) is 23.2 Å². The molecule has 0 aromatic heterocycles. The van der Waals surface area contributed by atoms with Crippen LogP contribution in [-0.4, -0.2) is 30.5 Å². The minimum Gasteiger partial charge on any atom is -0.492 e. The number of likely N-dealkylation sites (tertiary alicyclic amines) is 1. The second kappa shape index (κ2) is 7.87. The first kappa shape index (κ1) is 17.1. The van der Waals surface area contributed by atoms with Crippen molar-refractivity contribution in [3.05, 3.63) is 23.8 Å². The van der Waals surface area contributed by atoms with Crippen LogP contribution in [0.5, 0.6) is 5.75 Å². The Labute approximate surface area is 138 Å². The molecular formula is C18H25N3O2. The maximum atomic E-state index is 12.2. The summed E-state index contributed by atoms with van der Waals surface area (Å²) in [6.07, 6.45) is 2.64. The van der Waals surface area contributed by atoms with Gasteiger partial charge < -0.3 is 15.4 Å². The molecule has 1 aromatic carbocycles. The summed E-state index contributed by atoms with van der Waals surface area (Å²) < 4.78 is 5.82. The van der Waals surface area contributed by atoms with Crippen LogP contribution >= 0.6 is 0 Å². The number of hydrogen-bond acceptors (Lipinski definition) is 4. The van der Waals surface area contributed by atoms with E-state index < -0.39 is 0 Å². The maximum absolute atomic E-state index is 12.2. The number of nitrogens with zero attached hydrogens (tertiary/aromatic N) is 2. The van der Waals surface area contributed by atoms with Gasteiger partial charge in [0.25, 0.3) is 0 Å². The molecule has 0 aliphatic carbocycles. The van der Waals surface area contributed by atoms with Crippen LogP contribution in [0.3, 0.4) is 0 Å². The number of nitriles is 1. The number of rotatable bonds is 5. The van der Waals surface area contributed by atoms with E-state index in [1.807, 2.05) is 4.90 Å². The van der Waals surface area contributed by atoms with Gasteiger partial charge in [-0.15, -0.1) is 0 Å². The van der Waals surface area contributed by atoms with Gasteiger partial charge in [-0.1, -0.05) is 19.9 Å². The van der Waals surface area contributed by atoms with Crippen molar-refractivity contribution < 1.29 is 9.53 Å². The molecule has 2 rings (SSSR count). The fraction of sp³-hybridized carbons (Fsp3) is 0.556. The summed E-state index contributed by atoms with van der Waals surface area (Å²) in [4.78, 5) is 14.1. The van der Waals surface area contributed by atoms with Crippen molar-refractivity contribution in [3.63, 3.8) is 0 Å². The van der Waals surface area contributed by atoms with Gasteiger partial charge >= 0.3 is 0 Å². The molecule has 1 aromatic rings. The van der Waals surface area contributed by atoms with E-state index >= 15 is 0 Å². The normalized spacial score (nSPS) is 17.8. The molecule has 1 aliphatic rings. The topological polar surface area (TPSA) is 79.3 Å². The third-order valence-corrected chi connectivity index (χ3v) is 4.10. The second-order valence-electron chi connectivity index (χ2n) is 6.59. The molecule has 2 N–H and O–H groups in total. The van der Waals surface area contributed by atoms with Crippen LogP contribution in [0.2, 0.25) is 0 Å². The van der Waals surface area contributed by atoms with E-state index in [1.165, 1.54) is 0 Å². The van der Waals surface area contributed by atoms with Gasteiger partial charge in [-0.05, 0) is 30.9 Å². The van der Waals surface area contributed by atoms with Crippen LogP contribution in [0.15, 0.2) is 18.2 Å². The van der Waals surface area contributed by atoms with Crippen LogP contribution in [-0.2, 0) is 4.79 Å². The average molecular weight is 315 g/mol. The molecule has 23 heavy (non-hydrogen) atoms. The molecule has 5 heteroatoms. The van der Waals surface area contributed by atoms with Crippen molar-refractivity contribution in [1.29, 1.82) is 5.26 Å². The van der Waals surface area contributed by atoms with Crippen LogP contribution < -0.4 is 10.5 Å². The van der Waals surface area contributed by atoms with Crippen molar-refractivity contribution >= 4 is 11.6 Å². The standard InChI is InChI=1S/C18H25N3O2/c1-13(2)9-18(22)21-8-4-5-14(11-21)12-23-17-7-3-6-16(20)15(17)10-19/h3,6-7,13-14H,4-5,8-9,11-12,20H2,1-2H3. The van der Waals surface area contributed by atoms with E-state index in [0.29, 0.717) is 41.9 Å². The summed E-state index contributed by atoms with van der Waals surface area (Å²) in [6, 6.07) is 7.32. The fourth-order valence-electron chi connectivity index (χ4n) is 2.90. The number of carbonyl (C=O) groups is 1. The molecule has 1 fully saturated rings. The molecule has 1 amide bonds. The highest BCUT2D eigenvalue weighted by Gasteiger charge is 2.24. The Balaban J connectivity index is 1.93. The van der Waals surface area contributed by atoms with E-state index in [-0.39, 0.29) is 5.91 Å². The number of anilines is 1. The highest BCUT2D eigenvalue weighted by atomic mass is 16.5. The molecule has 1 heterocycles. The van der Waals surface area contributed by atoms with Crippen molar-refractivity contribution in [3.8, 4) is 11.8 Å². The lowest BCUT2D eigenvalue weighted by molar-refractivity contribution is -0.134. The molecule has 0 radical (unpaired) electrons. The highest BCUT2D eigenvalue weighted by molar-refractivity contribution is 5.76. The predicted molar refractivity (Wildman–Crippen MR) is 89.8 cm³/mol. The largest absolute Gasteiger partial charge is 0.492 e. The number of hydrogen-bond donors (Lipinski definition) is 1. The van der Waals surface area contributed by atoms with Crippen molar-refractivity contribution in [2.45, 2.75) is 33.1 Å². The fourth-order valence-corrected chi connectivity index (χ4v) is 2.90. The number of carbonyl (C=O) groups excluding carboxylic acids is 1. The number of ether oxygens (including phenoxy) is 1. The zero-order valence-electron chi connectivity index (χ0n) is 13.9. The Morgan fingerprint density at radius 1 is 1.52 bits per heavy atom. The van der Waals surface area contributed by atoms with E-state index in [1.54, 1.807) is 18.2 Å². The quantitative estimate of drug-likeness (QED) is 0.847. The Kier molecular flexibility index (Phi) is 5.86. The van der Waals surface area contributed by atoms with E-state index in [4.69, 9.17) is 10.5 Å². The summed E-state index contributed by atoms with van der Waals surface area (Å²) in [6.45, 7) is 6.19. The van der Waals surface area contributed by atoms with Crippen molar-refractivity contribution in [2.24, 2.45) is 11.8 Å².